The first-order valence-electron chi connectivity index (χ1n) is 5.44. The van der Waals surface area contributed by atoms with E-state index in [0.717, 1.165) is 0 Å². The number of ether oxygens (including phenoxy) is 1. The van der Waals surface area contributed by atoms with Gasteiger partial charge in [-0.25, -0.2) is 4.79 Å². The molecule has 0 aliphatic heterocycles. The fraction of sp³-hybridized carbons (Fsp3) is 0.250. The summed E-state index contributed by atoms with van der Waals surface area (Å²) >= 11 is 5.36. The van der Waals surface area contributed by atoms with Crippen LogP contribution in [-0.2, 0) is 9.53 Å². The molecule has 100 valence electrons. The van der Waals surface area contributed by atoms with Crippen LogP contribution >= 0.6 is 11.6 Å². The maximum Gasteiger partial charge on any atom is 0.411 e. The summed E-state index contributed by atoms with van der Waals surface area (Å²) < 4.78 is 4.71. The van der Waals surface area contributed by atoms with E-state index < -0.39 is 6.09 Å². The van der Waals surface area contributed by atoms with E-state index in [1.54, 1.807) is 13.0 Å². The molecule has 0 atom stereocenters. The van der Waals surface area contributed by atoms with Crippen molar-refractivity contribution in [1.82, 2.24) is 0 Å². The predicted molar refractivity (Wildman–Crippen MR) is 71.2 cm³/mol. The average Bonchev–Trinajstić information content (AvgIpc) is 2.40. The van der Waals surface area contributed by atoms with E-state index in [4.69, 9.17) is 21.6 Å². The highest BCUT2D eigenvalue weighted by Gasteiger charge is 2.09. The molecule has 0 aliphatic carbocycles. The summed E-state index contributed by atoms with van der Waals surface area (Å²) in [6.45, 7) is 1.91. The van der Waals surface area contributed by atoms with Crippen LogP contribution in [0, 0.1) is 11.3 Å². The predicted octanol–water partition coefficient (Wildman–Crippen LogP) is 2.30. The van der Waals surface area contributed by atoms with Gasteiger partial charge in [0, 0.05) is 5.69 Å². The summed E-state index contributed by atoms with van der Waals surface area (Å²) in [7, 11) is 0. The van der Waals surface area contributed by atoms with E-state index in [0.29, 0.717) is 11.4 Å². The number of nitrogens with zero attached hydrogens (tertiary/aromatic N) is 1. The molecule has 0 spiro atoms. The molecule has 0 unspecified atom stereocenters. The Bertz CT molecular complexity index is 525. The van der Waals surface area contributed by atoms with Crippen LogP contribution in [0.3, 0.4) is 0 Å². The number of anilines is 2. The standard InChI is InChI=1S/C12H12ClN3O3/c1-2-19-12(18)16-10-4-3-9(5-8(10)7-14)15-11(17)6-13/h3-5H,2,6H2,1H3,(H,15,17)(H,16,18). The Morgan fingerprint density at radius 1 is 1.42 bits per heavy atom. The van der Waals surface area contributed by atoms with Gasteiger partial charge in [-0.1, -0.05) is 0 Å². The Morgan fingerprint density at radius 3 is 2.74 bits per heavy atom. The van der Waals surface area contributed by atoms with Crippen LogP contribution in [0.1, 0.15) is 12.5 Å². The van der Waals surface area contributed by atoms with Gasteiger partial charge >= 0.3 is 6.09 Å². The molecule has 0 saturated heterocycles. The third kappa shape index (κ3) is 4.48. The number of nitriles is 1. The summed E-state index contributed by atoms with van der Waals surface area (Å²) in [5, 5.41) is 13.9. The summed E-state index contributed by atoms with van der Waals surface area (Å²) in [5.41, 5.74) is 0.946. The van der Waals surface area contributed by atoms with Crippen molar-refractivity contribution in [2.75, 3.05) is 23.1 Å². The number of alkyl halides is 1. The fourth-order valence-electron chi connectivity index (χ4n) is 1.30. The van der Waals surface area contributed by atoms with Gasteiger partial charge in [-0.05, 0) is 25.1 Å². The minimum absolute atomic E-state index is 0.176. The van der Waals surface area contributed by atoms with Gasteiger partial charge in [-0.3, -0.25) is 10.1 Å². The lowest BCUT2D eigenvalue weighted by atomic mass is 10.1. The molecule has 0 heterocycles. The lowest BCUT2D eigenvalue weighted by molar-refractivity contribution is -0.113. The van der Waals surface area contributed by atoms with Crippen LogP contribution in [-0.4, -0.2) is 24.5 Å². The number of benzene rings is 1. The molecule has 0 bridgehead atoms. The zero-order valence-corrected chi connectivity index (χ0v) is 11.0. The van der Waals surface area contributed by atoms with Gasteiger partial charge in [0.05, 0.1) is 17.9 Å². The Morgan fingerprint density at radius 2 is 2.16 bits per heavy atom. The molecule has 2 N–H and O–H groups in total. The van der Waals surface area contributed by atoms with Crippen molar-refractivity contribution in [3.63, 3.8) is 0 Å². The van der Waals surface area contributed by atoms with Crippen LogP contribution in [0.5, 0.6) is 0 Å². The Kier molecular flexibility index (Phi) is 5.64. The van der Waals surface area contributed by atoms with Crippen molar-refractivity contribution in [2.45, 2.75) is 6.92 Å². The van der Waals surface area contributed by atoms with Crippen molar-refractivity contribution in [2.24, 2.45) is 0 Å². The first-order chi connectivity index (χ1) is 9.10. The van der Waals surface area contributed by atoms with Gasteiger partial charge in [0.2, 0.25) is 5.91 Å². The summed E-state index contributed by atoms with van der Waals surface area (Å²) in [6.07, 6.45) is -0.642. The van der Waals surface area contributed by atoms with Crippen molar-refractivity contribution in [1.29, 1.82) is 5.26 Å². The molecule has 7 heteroatoms. The van der Waals surface area contributed by atoms with Gasteiger partial charge in [0.1, 0.15) is 11.9 Å². The smallest absolute Gasteiger partial charge is 0.411 e. The number of hydrogen-bond donors (Lipinski definition) is 2. The SMILES string of the molecule is CCOC(=O)Nc1ccc(NC(=O)CCl)cc1C#N. The van der Waals surface area contributed by atoms with Gasteiger partial charge < -0.3 is 10.1 Å². The summed E-state index contributed by atoms with van der Waals surface area (Å²) in [6, 6.07) is 6.40. The number of carbonyl (C=O) groups is 2. The van der Waals surface area contributed by atoms with Gasteiger partial charge in [0.15, 0.2) is 0 Å². The fourth-order valence-corrected chi connectivity index (χ4v) is 1.36. The Hall–Kier alpha value is -2.26. The van der Waals surface area contributed by atoms with Gasteiger partial charge in [-0.15, -0.1) is 11.6 Å². The van der Waals surface area contributed by atoms with Crippen molar-refractivity contribution in [3.05, 3.63) is 23.8 Å². The van der Waals surface area contributed by atoms with E-state index in [1.807, 2.05) is 6.07 Å². The zero-order chi connectivity index (χ0) is 14.3. The molecule has 0 aliphatic rings. The molecule has 2 amide bonds. The van der Waals surface area contributed by atoms with Crippen molar-refractivity contribution >= 4 is 35.0 Å². The van der Waals surface area contributed by atoms with E-state index in [9.17, 15) is 9.59 Å². The lowest BCUT2D eigenvalue weighted by Gasteiger charge is -2.09. The van der Waals surface area contributed by atoms with E-state index in [-0.39, 0.29) is 24.0 Å². The number of carbonyl (C=O) groups excluding carboxylic acids is 2. The highest BCUT2D eigenvalue weighted by atomic mass is 35.5. The summed E-state index contributed by atoms with van der Waals surface area (Å²) in [4.78, 5) is 22.4. The molecule has 19 heavy (non-hydrogen) atoms. The molecule has 0 saturated carbocycles. The maximum atomic E-state index is 11.3. The second kappa shape index (κ2) is 7.24. The Labute approximate surface area is 115 Å². The average molecular weight is 282 g/mol. The number of amides is 2. The molecule has 0 aromatic heterocycles. The summed E-state index contributed by atoms with van der Waals surface area (Å²) in [5.74, 6) is -0.554. The first-order valence-corrected chi connectivity index (χ1v) is 5.98. The first kappa shape index (κ1) is 14.8. The minimum Gasteiger partial charge on any atom is -0.450 e. The van der Waals surface area contributed by atoms with Crippen LogP contribution < -0.4 is 10.6 Å². The topological polar surface area (TPSA) is 91.2 Å². The van der Waals surface area contributed by atoms with Crippen molar-refractivity contribution < 1.29 is 14.3 Å². The molecule has 1 rings (SSSR count). The van der Waals surface area contributed by atoms with Crippen molar-refractivity contribution in [3.8, 4) is 6.07 Å². The molecule has 6 nitrogen and oxygen atoms in total. The number of rotatable bonds is 4. The zero-order valence-electron chi connectivity index (χ0n) is 10.2. The van der Waals surface area contributed by atoms with Crippen LogP contribution in [0.4, 0.5) is 16.2 Å². The van der Waals surface area contributed by atoms with Crippen LogP contribution in [0.25, 0.3) is 0 Å². The number of hydrogen-bond acceptors (Lipinski definition) is 4. The number of nitrogens with one attached hydrogen (secondary N) is 2. The van der Waals surface area contributed by atoms with Crippen LogP contribution in [0.2, 0.25) is 0 Å². The molecule has 0 radical (unpaired) electrons. The largest absolute Gasteiger partial charge is 0.450 e. The quantitative estimate of drug-likeness (QED) is 0.829. The maximum absolute atomic E-state index is 11.3. The monoisotopic (exact) mass is 281 g/mol. The lowest BCUT2D eigenvalue weighted by Crippen LogP contribution is -2.15. The molecule has 0 fully saturated rings. The van der Waals surface area contributed by atoms with E-state index >= 15 is 0 Å². The highest BCUT2D eigenvalue weighted by molar-refractivity contribution is 6.29. The second-order valence-electron chi connectivity index (χ2n) is 3.40. The Balaban J connectivity index is 2.88. The molecular weight excluding hydrogens is 270 g/mol. The second-order valence-corrected chi connectivity index (χ2v) is 3.67. The van der Waals surface area contributed by atoms with E-state index in [2.05, 4.69) is 10.6 Å². The normalized spacial score (nSPS) is 9.32. The number of halogens is 1. The molecule has 1 aromatic carbocycles. The third-order valence-electron chi connectivity index (χ3n) is 2.06. The third-order valence-corrected chi connectivity index (χ3v) is 2.30. The van der Waals surface area contributed by atoms with Crippen LogP contribution in [0.15, 0.2) is 18.2 Å². The van der Waals surface area contributed by atoms with Gasteiger partial charge in [0.25, 0.3) is 0 Å². The molecular formula is C12H12ClN3O3. The minimum atomic E-state index is -0.642. The van der Waals surface area contributed by atoms with E-state index in [1.165, 1.54) is 12.1 Å². The molecule has 1 aromatic rings. The highest BCUT2D eigenvalue weighted by Crippen LogP contribution is 2.20. The van der Waals surface area contributed by atoms with Gasteiger partial charge in [-0.2, -0.15) is 5.26 Å².